The van der Waals surface area contributed by atoms with E-state index in [1.54, 1.807) is 0 Å². The minimum atomic E-state index is 0.589. The van der Waals surface area contributed by atoms with E-state index in [4.69, 9.17) is 9.72 Å². The standard InChI is InChI=1S/C16H19IN2O/c1-2-19-14(18-15(16(19)17)13-8-9-13)11-20-10-12-6-4-3-5-7-12/h3-7,13H,2,8-11H2,1H3. The second-order valence-corrected chi connectivity index (χ2v) is 6.22. The Morgan fingerprint density at radius 3 is 2.65 bits per heavy atom. The van der Waals surface area contributed by atoms with Crippen molar-refractivity contribution in [1.82, 2.24) is 9.55 Å². The highest BCUT2D eigenvalue weighted by Crippen LogP contribution is 2.41. The van der Waals surface area contributed by atoms with E-state index in [9.17, 15) is 0 Å². The molecule has 106 valence electrons. The molecule has 2 aromatic rings. The minimum Gasteiger partial charge on any atom is -0.369 e. The first kappa shape index (κ1) is 14.1. The first-order valence-electron chi connectivity index (χ1n) is 7.16. The number of hydrogen-bond donors (Lipinski definition) is 0. The Morgan fingerprint density at radius 1 is 1.25 bits per heavy atom. The molecule has 1 aromatic carbocycles. The van der Waals surface area contributed by atoms with Crippen LogP contribution in [0.15, 0.2) is 30.3 Å². The van der Waals surface area contributed by atoms with Crippen molar-refractivity contribution in [1.29, 1.82) is 0 Å². The summed E-state index contributed by atoms with van der Waals surface area (Å²) in [5.74, 6) is 1.76. The molecule has 1 heterocycles. The summed E-state index contributed by atoms with van der Waals surface area (Å²) in [6.07, 6.45) is 2.59. The number of halogens is 1. The number of rotatable bonds is 6. The van der Waals surface area contributed by atoms with Gasteiger partial charge in [0.15, 0.2) is 0 Å². The van der Waals surface area contributed by atoms with Gasteiger partial charge in [-0.2, -0.15) is 0 Å². The Labute approximate surface area is 133 Å². The van der Waals surface area contributed by atoms with Crippen LogP contribution in [0.1, 0.15) is 42.8 Å². The summed E-state index contributed by atoms with van der Waals surface area (Å²) in [6, 6.07) is 10.3. The van der Waals surface area contributed by atoms with Crippen molar-refractivity contribution in [2.45, 2.75) is 45.4 Å². The predicted octanol–water partition coefficient (Wildman–Crippen LogP) is 4.10. The van der Waals surface area contributed by atoms with Crippen LogP contribution in [0.4, 0.5) is 0 Å². The lowest BCUT2D eigenvalue weighted by molar-refractivity contribution is 0.0992. The van der Waals surface area contributed by atoms with Gasteiger partial charge in [-0.25, -0.2) is 4.98 Å². The third-order valence-corrected chi connectivity index (χ3v) is 4.77. The van der Waals surface area contributed by atoms with Gasteiger partial charge in [-0.15, -0.1) is 0 Å². The Bertz CT molecular complexity index is 576. The lowest BCUT2D eigenvalue weighted by Crippen LogP contribution is -2.05. The summed E-state index contributed by atoms with van der Waals surface area (Å²) in [5.41, 5.74) is 2.49. The largest absolute Gasteiger partial charge is 0.369 e. The fourth-order valence-corrected chi connectivity index (χ4v) is 3.56. The molecular formula is C16H19IN2O. The fraction of sp³-hybridized carbons (Fsp3) is 0.438. The van der Waals surface area contributed by atoms with Crippen molar-refractivity contribution in [3.8, 4) is 0 Å². The van der Waals surface area contributed by atoms with Crippen molar-refractivity contribution >= 4 is 22.6 Å². The molecule has 1 aliphatic rings. The van der Waals surface area contributed by atoms with E-state index in [0.717, 1.165) is 12.4 Å². The molecule has 4 heteroatoms. The number of benzene rings is 1. The molecule has 1 aromatic heterocycles. The second-order valence-electron chi connectivity index (χ2n) is 5.20. The number of hydrogen-bond acceptors (Lipinski definition) is 2. The van der Waals surface area contributed by atoms with E-state index in [0.29, 0.717) is 19.1 Å². The average molecular weight is 382 g/mol. The summed E-state index contributed by atoms with van der Waals surface area (Å²) in [4.78, 5) is 4.80. The Hall–Kier alpha value is -0.880. The van der Waals surface area contributed by atoms with Gasteiger partial charge in [0.1, 0.15) is 16.1 Å². The normalized spacial score (nSPS) is 14.7. The zero-order valence-electron chi connectivity index (χ0n) is 11.7. The van der Waals surface area contributed by atoms with Crippen molar-refractivity contribution < 1.29 is 4.74 Å². The maximum atomic E-state index is 5.83. The van der Waals surface area contributed by atoms with E-state index < -0.39 is 0 Å². The SMILES string of the molecule is CCn1c(COCc2ccccc2)nc(C2CC2)c1I. The first-order chi connectivity index (χ1) is 9.79. The molecule has 3 rings (SSSR count). The molecule has 0 saturated heterocycles. The van der Waals surface area contributed by atoms with Gasteiger partial charge >= 0.3 is 0 Å². The van der Waals surface area contributed by atoms with Crippen molar-refractivity contribution in [2.24, 2.45) is 0 Å². The smallest absolute Gasteiger partial charge is 0.135 e. The van der Waals surface area contributed by atoms with Gasteiger partial charge in [0.25, 0.3) is 0 Å². The Morgan fingerprint density at radius 2 is 2.00 bits per heavy atom. The van der Waals surface area contributed by atoms with Crippen molar-refractivity contribution in [3.05, 3.63) is 51.1 Å². The highest BCUT2D eigenvalue weighted by molar-refractivity contribution is 14.1. The van der Waals surface area contributed by atoms with E-state index in [-0.39, 0.29) is 0 Å². The topological polar surface area (TPSA) is 27.1 Å². The van der Waals surface area contributed by atoms with Crippen LogP contribution in [0.3, 0.4) is 0 Å². The first-order valence-corrected chi connectivity index (χ1v) is 8.24. The monoisotopic (exact) mass is 382 g/mol. The van der Waals surface area contributed by atoms with Crippen LogP contribution in [0, 0.1) is 3.70 Å². The van der Waals surface area contributed by atoms with Crippen LogP contribution in [-0.2, 0) is 24.5 Å². The summed E-state index contributed by atoms with van der Waals surface area (Å²) in [6.45, 7) is 4.36. The third-order valence-electron chi connectivity index (χ3n) is 3.63. The van der Waals surface area contributed by atoms with E-state index in [1.165, 1.54) is 27.8 Å². The van der Waals surface area contributed by atoms with Gasteiger partial charge < -0.3 is 9.30 Å². The second kappa shape index (κ2) is 6.26. The van der Waals surface area contributed by atoms with Crippen LogP contribution in [-0.4, -0.2) is 9.55 Å². The van der Waals surface area contributed by atoms with E-state index in [1.807, 2.05) is 18.2 Å². The highest BCUT2D eigenvalue weighted by Gasteiger charge is 2.30. The van der Waals surface area contributed by atoms with Gasteiger partial charge in [-0.3, -0.25) is 0 Å². The molecule has 0 N–H and O–H groups in total. The molecule has 0 aliphatic heterocycles. The molecule has 3 nitrogen and oxygen atoms in total. The molecule has 0 amide bonds. The van der Waals surface area contributed by atoms with Gasteiger partial charge in [0.05, 0.1) is 12.3 Å². The van der Waals surface area contributed by atoms with Crippen LogP contribution >= 0.6 is 22.6 Å². The number of imidazole rings is 1. The van der Waals surface area contributed by atoms with Gasteiger partial charge in [-0.05, 0) is 47.9 Å². The van der Waals surface area contributed by atoms with E-state index in [2.05, 4.69) is 46.2 Å². The molecule has 0 radical (unpaired) electrons. The van der Waals surface area contributed by atoms with Gasteiger partial charge in [0, 0.05) is 12.5 Å². The van der Waals surface area contributed by atoms with Gasteiger partial charge in [0.2, 0.25) is 0 Å². The van der Waals surface area contributed by atoms with E-state index >= 15 is 0 Å². The van der Waals surface area contributed by atoms with Crippen LogP contribution in [0.2, 0.25) is 0 Å². The molecule has 0 unspecified atom stereocenters. The van der Waals surface area contributed by atoms with Crippen LogP contribution in [0.25, 0.3) is 0 Å². The minimum absolute atomic E-state index is 0.589. The lowest BCUT2D eigenvalue weighted by atomic mass is 10.2. The molecular weight excluding hydrogens is 363 g/mol. The fourth-order valence-electron chi connectivity index (χ4n) is 2.38. The lowest BCUT2D eigenvalue weighted by Gasteiger charge is -2.07. The summed E-state index contributed by atoms with van der Waals surface area (Å²) < 4.78 is 9.40. The molecule has 0 spiro atoms. The maximum absolute atomic E-state index is 5.83. The zero-order chi connectivity index (χ0) is 13.9. The summed E-state index contributed by atoms with van der Waals surface area (Å²) in [5, 5.41) is 0. The molecule has 0 atom stereocenters. The molecule has 0 bridgehead atoms. The Balaban J connectivity index is 1.66. The van der Waals surface area contributed by atoms with Gasteiger partial charge in [-0.1, -0.05) is 30.3 Å². The van der Waals surface area contributed by atoms with Crippen molar-refractivity contribution in [2.75, 3.05) is 0 Å². The number of nitrogens with zero attached hydrogens (tertiary/aromatic N) is 2. The quantitative estimate of drug-likeness (QED) is 0.704. The van der Waals surface area contributed by atoms with Crippen molar-refractivity contribution in [3.63, 3.8) is 0 Å². The van der Waals surface area contributed by atoms with Crippen LogP contribution in [0.5, 0.6) is 0 Å². The molecule has 1 aliphatic carbocycles. The summed E-state index contributed by atoms with van der Waals surface area (Å²) >= 11 is 2.43. The maximum Gasteiger partial charge on any atom is 0.135 e. The number of ether oxygens (including phenoxy) is 1. The summed E-state index contributed by atoms with van der Waals surface area (Å²) in [7, 11) is 0. The molecule has 1 fully saturated rings. The Kier molecular flexibility index (Phi) is 4.41. The molecule has 20 heavy (non-hydrogen) atoms. The zero-order valence-corrected chi connectivity index (χ0v) is 13.8. The third kappa shape index (κ3) is 3.06. The highest BCUT2D eigenvalue weighted by atomic mass is 127. The average Bonchev–Trinajstić information content (AvgIpc) is 3.26. The molecule has 1 saturated carbocycles. The number of aromatic nitrogens is 2. The predicted molar refractivity (Wildman–Crippen MR) is 87.5 cm³/mol. The van der Waals surface area contributed by atoms with Crippen LogP contribution < -0.4 is 0 Å².